The first-order valence-electron chi connectivity index (χ1n) is 11.6. The van der Waals surface area contributed by atoms with Gasteiger partial charge in [-0.15, -0.1) is 0 Å². The van der Waals surface area contributed by atoms with Crippen LogP contribution in [0.5, 0.6) is 0 Å². The summed E-state index contributed by atoms with van der Waals surface area (Å²) in [7, 11) is 0. The molecule has 1 saturated heterocycles. The van der Waals surface area contributed by atoms with Crippen molar-refractivity contribution in [2.45, 2.75) is 90.7 Å². The number of aromatic nitrogens is 1. The van der Waals surface area contributed by atoms with E-state index in [-0.39, 0.29) is 12.2 Å². The normalized spacial score (nSPS) is 21.8. The summed E-state index contributed by atoms with van der Waals surface area (Å²) in [6.07, 6.45) is 12.3. The van der Waals surface area contributed by atoms with E-state index in [2.05, 4.69) is 23.3 Å². The second kappa shape index (κ2) is 8.89. The fourth-order valence-corrected chi connectivity index (χ4v) is 5.52. The average Bonchev–Trinajstić information content (AvgIpc) is 3.21. The van der Waals surface area contributed by atoms with Crippen LogP contribution in [0.4, 0.5) is 4.79 Å². The van der Waals surface area contributed by atoms with Crippen LogP contribution >= 0.6 is 0 Å². The van der Waals surface area contributed by atoms with Gasteiger partial charge in [-0.2, -0.15) is 0 Å². The van der Waals surface area contributed by atoms with Gasteiger partial charge in [-0.3, -0.25) is 9.80 Å². The molecule has 2 aliphatic carbocycles. The van der Waals surface area contributed by atoms with E-state index in [9.17, 15) is 4.79 Å². The number of rotatable bonds is 8. The summed E-state index contributed by atoms with van der Waals surface area (Å²) in [4.78, 5) is 16.8. The Morgan fingerprint density at radius 3 is 2.07 bits per heavy atom. The van der Waals surface area contributed by atoms with E-state index < -0.39 is 0 Å². The number of carbonyl (C=O) groups is 1. The molecular formula is C23H37N3O2. The predicted molar refractivity (Wildman–Crippen MR) is 112 cm³/mol. The molecule has 1 atom stereocenters. The topological polar surface area (TPSA) is 37.7 Å². The van der Waals surface area contributed by atoms with Crippen molar-refractivity contribution in [1.29, 1.82) is 0 Å². The third kappa shape index (κ3) is 3.96. The third-order valence-electron chi connectivity index (χ3n) is 6.68. The molecule has 5 heteroatoms. The molecular weight excluding hydrogens is 350 g/mol. The Hall–Kier alpha value is -1.49. The van der Waals surface area contributed by atoms with E-state index in [0.29, 0.717) is 6.67 Å². The van der Waals surface area contributed by atoms with Gasteiger partial charge in [-0.1, -0.05) is 13.8 Å². The Bertz CT molecular complexity index is 657. The van der Waals surface area contributed by atoms with Crippen molar-refractivity contribution >= 4 is 6.09 Å². The monoisotopic (exact) mass is 387 g/mol. The lowest BCUT2D eigenvalue weighted by atomic mass is 9.89. The van der Waals surface area contributed by atoms with Crippen LogP contribution in [0.15, 0.2) is 0 Å². The Morgan fingerprint density at radius 1 is 0.929 bits per heavy atom. The molecule has 3 aliphatic rings. The van der Waals surface area contributed by atoms with E-state index in [1.54, 1.807) is 22.5 Å². The molecule has 0 saturated carbocycles. The fourth-order valence-electron chi connectivity index (χ4n) is 5.52. The number of amides is 1. The van der Waals surface area contributed by atoms with Crippen LogP contribution in [-0.2, 0) is 37.0 Å². The van der Waals surface area contributed by atoms with Gasteiger partial charge in [0.25, 0.3) is 0 Å². The maximum absolute atomic E-state index is 12.5. The Kier molecular flexibility index (Phi) is 6.29. The molecule has 156 valence electrons. The molecule has 1 unspecified atom stereocenters. The number of hydrogen-bond acceptors (Lipinski definition) is 3. The van der Waals surface area contributed by atoms with Crippen molar-refractivity contribution in [3.05, 3.63) is 22.5 Å². The van der Waals surface area contributed by atoms with Gasteiger partial charge in [0.15, 0.2) is 0 Å². The maximum Gasteiger partial charge on any atom is 0.411 e. The Balaban J connectivity index is 1.47. The van der Waals surface area contributed by atoms with E-state index in [0.717, 1.165) is 39.0 Å². The van der Waals surface area contributed by atoms with Crippen molar-refractivity contribution in [3.8, 4) is 0 Å². The van der Waals surface area contributed by atoms with E-state index in [1.807, 2.05) is 4.90 Å². The Morgan fingerprint density at radius 2 is 1.50 bits per heavy atom. The summed E-state index contributed by atoms with van der Waals surface area (Å²) in [6.45, 7) is 8.77. The number of nitrogens with zero attached hydrogens (tertiary/aromatic N) is 3. The molecule has 4 rings (SSSR count). The first-order chi connectivity index (χ1) is 13.7. The second-order valence-electron chi connectivity index (χ2n) is 8.86. The lowest BCUT2D eigenvalue weighted by Crippen LogP contribution is -2.39. The zero-order valence-corrected chi connectivity index (χ0v) is 17.8. The summed E-state index contributed by atoms with van der Waals surface area (Å²) in [6, 6.07) is 0. The molecule has 1 aromatic heterocycles. The second-order valence-corrected chi connectivity index (χ2v) is 8.86. The molecule has 2 heterocycles. The van der Waals surface area contributed by atoms with Crippen molar-refractivity contribution < 1.29 is 9.53 Å². The van der Waals surface area contributed by atoms with Crippen LogP contribution in [0.1, 0.15) is 74.9 Å². The van der Waals surface area contributed by atoms with Gasteiger partial charge in [0.05, 0.1) is 19.8 Å². The van der Waals surface area contributed by atoms with Crippen LogP contribution in [0.3, 0.4) is 0 Å². The number of carbonyl (C=O) groups excluding carboxylic acids is 1. The van der Waals surface area contributed by atoms with Gasteiger partial charge in [0, 0.05) is 11.4 Å². The van der Waals surface area contributed by atoms with E-state index in [1.165, 1.54) is 51.4 Å². The summed E-state index contributed by atoms with van der Waals surface area (Å²) in [5.41, 5.74) is 6.43. The number of ether oxygens (including phenoxy) is 1. The van der Waals surface area contributed by atoms with Crippen LogP contribution in [0.2, 0.25) is 0 Å². The highest BCUT2D eigenvalue weighted by atomic mass is 16.6. The average molecular weight is 388 g/mol. The van der Waals surface area contributed by atoms with Crippen molar-refractivity contribution in [3.63, 3.8) is 0 Å². The largest absolute Gasteiger partial charge is 0.442 e. The van der Waals surface area contributed by atoms with Crippen molar-refractivity contribution in [2.75, 3.05) is 26.3 Å². The quantitative estimate of drug-likeness (QED) is 0.673. The highest BCUT2D eigenvalue weighted by molar-refractivity contribution is 5.69. The van der Waals surface area contributed by atoms with Crippen molar-refractivity contribution in [2.24, 2.45) is 0 Å². The van der Waals surface area contributed by atoms with Gasteiger partial charge in [0.1, 0.15) is 6.10 Å². The van der Waals surface area contributed by atoms with Gasteiger partial charge in [-0.25, -0.2) is 4.79 Å². The zero-order valence-electron chi connectivity index (χ0n) is 17.8. The summed E-state index contributed by atoms with van der Waals surface area (Å²) < 4.78 is 8.40. The number of hydrogen-bond donors (Lipinski definition) is 0. The highest BCUT2D eigenvalue weighted by Crippen LogP contribution is 2.35. The highest BCUT2D eigenvalue weighted by Gasteiger charge is 2.34. The SMILES string of the molecule is CCCN(CCC)CN1CC(Cn2c3c(c4c2CCCC4)CCCC3)OC1=O. The standard InChI is InChI=1S/C23H37N3O2/c1-3-13-24(14-4-2)17-25-15-18(28-23(25)27)16-26-21-11-7-5-9-19(21)20-10-6-8-12-22(20)26/h18H,3-17H2,1-2H3. The summed E-state index contributed by atoms with van der Waals surface area (Å²) >= 11 is 0. The molecule has 0 bridgehead atoms. The van der Waals surface area contributed by atoms with Gasteiger partial charge >= 0.3 is 6.09 Å². The number of cyclic esters (lactones) is 1. The van der Waals surface area contributed by atoms with Crippen molar-refractivity contribution in [1.82, 2.24) is 14.4 Å². The van der Waals surface area contributed by atoms with Crippen LogP contribution in [-0.4, -0.2) is 52.9 Å². The van der Waals surface area contributed by atoms with Gasteiger partial charge in [0.2, 0.25) is 0 Å². The zero-order chi connectivity index (χ0) is 19.5. The fraction of sp³-hybridized carbons (Fsp3) is 0.783. The minimum atomic E-state index is -0.128. The van der Waals surface area contributed by atoms with Crippen LogP contribution in [0, 0.1) is 0 Å². The molecule has 0 spiro atoms. The number of fused-ring (bicyclic) bond motifs is 3. The molecule has 0 N–H and O–H groups in total. The lowest BCUT2D eigenvalue weighted by molar-refractivity contribution is 0.115. The molecule has 1 aliphatic heterocycles. The summed E-state index contributed by atoms with van der Waals surface area (Å²) in [5, 5.41) is 0. The van der Waals surface area contributed by atoms with Crippen LogP contribution in [0.25, 0.3) is 0 Å². The maximum atomic E-state index is 12.5. The summed E-state index contributed by atoms with van der Waals surface area (Å²) in [5.74, 6) is 0. The molecule has 28 heavy (non-hydrogen) atoms. The molecule has 0 aromatic carbocycles. The van der Waals surface area contributed by atoms with Gasteiger partial charge in [-0.05, 0) is 88.4 Å². The third-order valence-corrected chi connectivity index (χ3v) is 6.68. The van der Waals surface area contributed by atoms with Gasteiger partial charge < -0.3 is 9.30 Å². The van der Waals surface area contributed by atoms with Crippen LogP contribution < -0.4 is 0 Å². The van der Waals surface area contributed by atoms with E-state index in [4.69, 9.17) is 4.74 Å². The lowest BCUT2D eigenvalue weighted by Gasteiger charge is -2.25. The molecule has 1 amide bonds. The first-order valence-corrected chi connectivity index (χ1v) is 11.6. The minimum Gasteiger partial charge on any atom is -0.442 e. The molecule has 5 nitrogen and oxygen atoms in total. The Labute approximate surface area is 170 Å². The molecule has 1 aromatic rings. The molecule has 0 radical (unpaired) electrons. The molecule has 1 fully saturated rings. The van der Waals surface area contributed by atoms with E-state index >= 15 is 0 Å². The smallest absolute Gasteiger partial charge is 0.411 e. The minimum absolute atomic E-state index is 0.0120. The first kappa shape index (κ1) is 19.8. The predicted octanol–water partition coefficient (Wildman–Crippen LogP) is 4.15.